The van der Waals surface area contributed by atoms with E-state index >= 15 is 0 Å². The van der Waals surface area contributed by atoms with Crippen molar-refractivity contribution in [3.63, 3.8) is 0 Å². The molecule has 2 N–H and O–H groups in total. The Morgan fingerprint density at radius 2 is 2.00 bits per heavy atom. The number of nitrogens with one attached hydrogen (secondary N) is 2. The van der Waals surface area contributed by atoms with Crippen molar-refractivity contribution >= 4 is 21.8 Å². The third-order valence-corrected chi connectivity index (χ3v) is 5.56. The first-order valence-corrected chi connectivity index (χ1v) is 9.10. The molecular formula is C15H22FN3O3S. The van der Waals surface area contributed by atoms with Crippen molar-refractivity contribution in [1.82, 2.24) is 9.03 Å². The number of rotatable bonds is 6. The Morgan fingerprint density at radius 1 is 1.30 bits per heavy atom. The first kappa shape index (κ1) is 17.8. The van der Waals surface area contributed by atoms with Crippen LogP contribution in [0, 0.1) is 5.82 Å². The van der Waals surface area contributed by atoms with E-state index in [0.29, 0.717) is 0 Å². The Labute approximate surface area is 136 Å². The highest BCUT2D eigenvalue weighted by atomic mass is 32.2. The first-order chi connectivity index (χ1) is 10.9. The minimum atomic E-state index is -3.71. The third-order valence-electron chi connectivity index (χ3n) is 3.99. The van der Waals surface area contributed by atoms with Crippen LogP contribution in [0.15, 0.2) is 24.3 Å². The average molecular weight is 343 g/mol. The largest absolute Gasteiger partial charge is 0.325 e. The van der Waals surface area contributed by atoms with E-state index in [1.54, 1.807) is 0 Å². The number of anilines is 1. The third kappa shape index (κ3) is 5.26. The topological polar surface area (TPSA) is 78.5 Å². The molecule has 0 unspecified atom stereocenters. The molecule has 1 aromatic carbocycles. The van der Waals surface area contributed by atoms with Crippen molar-refractivity contribution < 1.29 is 17.6 Å². The maximum atomic E-state index is 13.0. The Balaban J connectivity index is 1.86. The van der Waals surface area contributed by atoms with Gasteiger partial charge in [0.15, 0.2) is 0 Å². The number of carbonyl (C=O) groups excluding carboxylic acids is 1. The molecule has 1 amide bonds. The summed E-state index contributed by atoms with van der Waals surface area (Å²) in [6.07, 6.45) is 4.85. The van der Waals surface area contributed by atoms with Gasteiger partial charge >= 0.3 is 0 Å². The van der Waals surface area contributed by atoms with Gasteiger partial charge in [-0.3, -0.25) is 4.79 Å². The lowest BCUT2D eigenvalue weighted by Gasteiger charge is -2.30. The molecule has 0 heterocycles. The lowest BCUT2D eigenvalue weighted by molar-refractivity contribution is -0.115. The number of nitrogens with zero attached hydrogens (tertiary/aromatic N) is 1. The summed E-state index contributed by atoms with van der Waals surface area (Å²) in [5.41, 5.74) is 0.287. The summed E-state index contributed by atoms with van der Waals surface area (Å²) < 4.78 is 41.1. The highest BCUT2D eigenvalue weighted by Crippen LogP contribution is 2.22. The number of hydrogen-bond acceptors (Lipinski definition) is 3. The van der Waals surface area contributed by atoms with E-state index in [1.165, 1.54) is 35.6 Å². The number of carbonyl (C=O) groups is 1. The molecule has 0 aromatic heterocycles. The van der Waals surface area contributed by atoms with Crippen molar-refractivity contribution in [2.24, 2.45) is 0 Å². The van der Waals surface area contributed by atoms with Crippen molar-refractivity contribution in [1.29, 1.82) is 0 Å². The van der Waals surface area contributed by atoms with Crippen LogP contribution in [0.25, 0.3) is 0 Å². The molecule has 0 radical (unpaired) electrons. The van der Waals surface area contributed by atoms with Crippen LogP contribution in [0.4, 0.5) is 10.1 Å². The predicted molar refractivity (Wildman–Crippen MR) is 86.6 cm³/mol. The summed E-state index contributed by atoms with van der Waals surface area (Å²) >= 11 is 0. The first-order valence-electron chi connectivity index (χ1n) is 7.66. The summed E-state index contributed by atoms with van der Waals surface area (Å²) in [5, 5.41) is 2.45. The molecule has 128 valence electrons. The Hall–Kier alpha value is -1.51. The molecule has 0 spiro atoms. The summed E-state index contributed by atoms with van der Waals surface area (Å²) in [6, 6.07) is 5.40. The van der Waals surface area contributed by atoms with Crippen molar-refractivity contribution in [2.75, 3.05) is 18.9 Å². The van der Waals surface area contributed by atoms with E-state index in [0.717, 1.165) is 32.1 Å². The fourth-order valence-corrected chi connectivity index (χ4v) is 3.79. The Morgan fingerprint density at radius 3 is 2.65 bits per heavy atom. The van der Waals surface area contributed by atoms with Gasteiger partial charge in [-0.15, -0.1) is 0 Å². The van der Waals surface area contributed by atoms with Crippen LogP contribution in [0.3, 0.4) is 0 Å². The maximum Gasteiger partial charge on any atom is 0.279 e. The van der Waals surface area contributed by atoms with Gasteiger partial charge < -0.3 is 5.32 Å². The van der Waals surface area contributed by atoms with Crippen LogP contribution < -0.4 is 10.0 Å². The summed E-state index contributed by atoms with van der Waals surface area (Å²) in [6.45, 7) is -0.393. The van der Waals surface area contributed by atoms with Gasteiger partial charge in [0, 0.05) is 18.8 Å². The average Bonchev–Trinajstić information content (AvgIpc) is 2.53. The molecule has 1 aliphatic rings. The molecule has 1 aromatic rings. The second-order valence-electron chi connectivity index (χ2n) is 5.69. The maximum absolute atomic E-state index is 13.0. The van der Waals surface area contributed by atoms with Crippen LogP contribution >= 0.6 is 0 Å². The summed E-state index contributed by atoms with van der Waals surface area (Å²) in [7, 11) is -2.18. The van der Waals surface area contributed by atoms with Crippen molar-refractivity contribution in [2.45, 2.75) is 38.1 Å². The lowest BCUT2D eigenvalue weighted by atomic mass is 9.96. The van der Waals surface area contributed by atoms with Gasteiger partial charge in [-0.1, -0.05) is 25.3 Å². The van der Waals surface area contributed by atoms with E-state index in [9.17, 15) is 17.6 Å². The number of hydrogen-bond donors (Lipinski definition) is 2. The minimum Gasteiger partial charge on any atom is -0.325 e. The zero-order chi connectivity index (χ0) is 16.9. The monoisotopic (exact) mass is 343 g/mol. The molecule has 1 saturated carbocycles. The number of amides is 1. The normalized spacial score (nSPS) is 16.5. The Kier molecular flexibility index (Phi) is 6.09. The molecule has 1 aliphatic carbocycles. The van der Waals surface area contributed by atoms with Crippen molar-refractivity contribution in [3.8, 4) is 0 Å². The van der Waals surface area contributed by atoms with Crippen LogP contribution in [-0.4, -0.2) is 38.3 Å². The highest BCUT2D eigenvalue weighted by Gasteiger charge is 2.27. The van der Waals surface area contributed by atoms with Gasteiger partial charge in [0.25, 0.3) is 10.2 Å². The summed E-state index contributed by atoms with van der Waals surface area (Å²) in [4.78, 5) is 11.8. The second-order valence-corrected chi connectivity index (χ2v) is 7.51. The van der Waals surface area contributed by atoms with Crippen LogP contribution in [-0.2, 0) is 15.0 Å². The van der Waals surface area contributed by atoms with E-state index in [1.807, 2.05) is 0 Å². The zero-order valence-corrected chi connectivity index (χ0v) is 13.9. The van der Waals surface area contributed by atoms with Gasteiger partial charge in [-0.2, -0.15) is 17.4 Å². The molecule has 2 rings (SSSR count). The number of halogens is 1. The van der Waals surface area contributed by atoms with Crippen LogP contribution in [0.1, 0.15) is 32.1 Å². The van der Waals surface area contributed by atoms with Gasteiger partial charge in [-0.05, 0) is 31.0 Å². The molecule has 0 aliphatic heterocycles. The molecule has 8 heteroatoms. The van der Waals surface area contributed by atoms with Gasteiger partial charge in [0.05, 0.1) is 6.54 Å². The molecule has 1 fully saturated rings. The molecule has 0 saturated heterocycles. The predicted octanol–water partition coefficient (Wildman–Crippen LogP) is 1.86. The molecule has 0 atom stereocenters. The SMILES string of the molecule is CN(C1CCCCC1)S(=O)(=O)NCC(=O)Nc1cccc(F)c1. The smallest absolute Gasteiger partial charge is 0.279 e. The molecule has 0 bridgehead atoms. The zero-order valence-electron chi connectivity index (χ0n) is 13.1. The van der Waals surface area contributed by atoms with E-state index in [-0.39, 0.29) is 11.7 Å². The molecule has 6 nitrogen and oxygen atoms in total. The minimum absolute atomic E-state index is 0.0208. The van der Waals surface area contributed by atoms with Crippen LogP contribution in [0.2, 0.25) is 0 Å². The van der Waals surface area contributed by atoms with E-state index in [2.05, 4.69) is 10.0 Å². The summed E-state index contributed by atoms with van der Waals surface area (Å²) in [5.74, 6) is -1.02. The van der Waals surface area contributed by atoms with Crippen molar-refractivity contribution in [3.05, 3.63) is 30.1 Å². The highest BCUT2D eigenvalue weighted by molar-refractivity contribution is 7.87. The lowest BCUT2D eigenvalue weighted by Crippen LogP contribution is -2.46. The van der Waals surface area contributed by atoms with E-state index < -0.39 is 28.5 Å². The second kappa shape index (κ2) is 7.85. The molecular weight excluding hydrogens is 321 g/mol. The number of benzene rings is 1. The standard InChI is InChI=1S/C15H22FN3O3S/c1-19(14-8-3-2-4-9-14)23(21,22)17-11-15(20)18-13-7-5-6-12(16)10-13/h5-7,10,14,17H,2-4,8-9,11H2,1H3,(H,18,20). The van der Waals surface area contributed by atoms with Gasteiger partial charge in [0.1, 0.15) is 5.82 Å². The van der Waals surface area contributed by atoms with Crippen LogP contribution in [0.5, 0.6) is 0 Å². The quantitative estimate of drug-likeness (QED) is 0.827. The molecule has 23 heavy (non-hydrogen) atoms. The van der Waals surface area contributed by atoms with Gasteiger partial charge in [-0.25, -0.2) is 4.39 Å². The fourth-order valence-electron chi connectivity index (χ4n) is 2.67. The fraction of sp³-hybridized carbons (Fsp3) is 0.533. The van der Waals surface area contributed by atoms with Gasteiger partial charge in [0.2, 0.25) is 5.91 Å². The Bertz CT molecular complexity index is 645. The van der Waals surface area contributed by atoms with E-state index in [4.69, 9.17) is 0 Å².